The number of nitrogens with zero attached hydrogens (tertiary/aromatic N) is 2. The van der Waals surface area contributed by atoms with Crippen molar-refractivity contribution >= 4 is 17.5 Å². The summed E-state index contributed by atoms with van der Waals surface area (Å²) in [6.07, 6.45) is 1.92. The van der Waals surface area contributed by atoms with Crippen LogP contribution in [0.2, 0.25) is 5.15 Å². The van der Waals surface area contributed by atoms with E-state index in [4.69, 9.17) is 21.1 Å². The van der Waals surface area contributed by atoms with Crippen LogP contribution in [-0.4, -0.2) is 42.8 Å². The molecule has 0 aliphatic rings. The highest BCUT2D eigenvalue weighted by atomic mass is 35.5. The van der Waals surface area contributed by atoms with Crippen LogP contribution >= 0.6 is 11.6 Å². The molecule has 0 aliphatic heterocycles. The van der Waals surface area contributed by atoms with Gasteiger partial charge in [0.05, 0.1) is 13.4 Å². The molecule has 1 N–H and O–H groups in total. The summed E-state index contributed by atoms with van der Waals surface area (Å²) in [4.78, 5) is 27.2. The van der Waals surface area contributed by atoms with Gasteiger partial charge in [-0.05, 0) is 6.42 Å². The van der Waals surface area contributed by atoms with Crippen molar-refractivity contribution in [2.45, 2.75) is 13.0 Å². The van der Waals surface area contributed by atoms with Crippen molar-refractivity contribution < 1.29 is 14.3 Å². The Morgan fingerprint density at radius 3 is 2.89 bits per heavy atom. The minimum atomic E-state index is -0.491. The van der Waals surface area contributed by atoms with Crippen molar-refractivity contribution in [3.63, 3.8) is 0 Å². The van der Waals surface area contributed by atoms with E-state index in [0.717, 1.165) is 4.57 Å². The summed E-state index contributed by atoms with van der Waals surface area (Å²) in [6.45, 7) is 0.919. The van der Waals surface area contributed by atoms with Gasteiger partial charge in [0.25, 0.3) is 5.56 Å². The largest absolute Gasteiger partial charge is 0.489 e. The Bertz CT molecular complexity index is 489. The number of ether oxygens (including phenoxy) is 2. The predicted octanol–water partition coefficient (Wildman–Crippen LogP) is 0.0580. The maximum atomic E-state index is 11.8. The number of nitrogens with one attached hydrogen (secondary N) is 1. The van der Waals surface area contributed by atoms with E-state index < -0.39 is 5.56 Å². The maximum absolute atomic E-state index is 11.8. The zero-order valence-electron chi connectivity index (χ0n) is 10.8. The number of carbonyl (C=O) groups is 1. The average molecular weight is 290 g/mol. The fourth-order valence-corrected chi connectivity index (χ4v) is 1.59. The Balaban J connectivity index is 2.62. The molecule has 1 rings (SSSR count). The Kier molecular flexibility index (Phi) is 6.31. The summed E-state index contributed by atoms with van der Waals surface area (Å²) in [5.74, 6) is -0.360. The first-order valence-corrected chi connectivity index (χ1v) is 6.02. The fraction of sp³-hybridized carbons (Fsp3) is 0.545. The molecule has 0 unspecified atom stereocenters. The van der Waals surface area contributed by atoms with Crippen molar-refractivity contribution in [2.24, 2.45) is 0 Å². The Hall–Kier alpha value is -1.60. The predicted molar refractivity (Wildman–Crippen MR) is 69.6 cm³/mol. The van der Waals surface area contributed by atoms with Crippen LogP contribution in [0.15, 0.2) is 11.1 Å². The summed E-state index contributed by atoms with van der Waals surface area (Å²) in [6, 6.07) is 0. The van der Waals surface area contributed by atoms with E-state index in [0.29, 0.717) is 19.6 Å². The Morgan fingerprint density at radius 1 is 1.53 bits per heavy atom. The molecule has 0 fully saturated rings. The van der Waals surface area contributed by atoms with Gasteiger partial charge in [0.15, 0.2) is 5.15 Å². The fourth-order valence-electron chi connectivity index (χ4n) is 1.39. The van der Waals surface area contributed by atoms with E-state index in [1.165, 1.54) is 13.4 Å². The number of carbonyl (C=O) groups excluding carboxylic acids is 1. The molecular weight excluding hydrogens is 274 g/mol. The zero-order valence-corrected chi connectivity index (χ0v) is 11.6. The van der Waals surface area contributed by atoms with E-state index in [9.17, 15) is 9.59 Å². The normalized spacial score (nSPS) is 10.3. The van der Waals surface area contributed by atoms with Gasteiger partial charge in [-0.2, -0.15) is 0 Å². The number of amides is 1. The van der Waals surface area contributed by atoms with Gasteiger partial charge < -0.3 is 14.8 Å². The molecule has 0 bridgehead atoms. The molecule has 8 heteroatoms. The topological polar surface area (TPSA) is 82.4 Å². The van der Waals surface area contributed by atoms with Gasteiger partial charge in [-0.15, -0.1) is 0 Å². The van der Waals surface area contributed by atoms with Crippen LogP contribution in [0, 0.1) is 0 Å². The van der Waals surface area contributed by atoms with Crippen molar-refractivity contribution in [1.82, 2.24) is 14.9 Å². The summed E-state index contributed by atoms with van der Waals surface area (Å²) in [7, 11) is 2.91. The molecule has 0 aromatic carbocycles. The lowest BCUT2D eigenvalue weighted by Crippen LogP contribution is -2.33. The first-order chi connectivity index (χ1) is 9.10. The van der Waals surface area contributed by atoms with Crippen molar-refractivity contribution in [3.05, 3.63) is 21.8 Å². The molecule has 19 heavy (non-hydrogen) atoms. The highest BCUT2D eigenvalue weighted by Crippen LogP contribution is 2.14. The summed E-state index contributed by atoms with van der Waals surface area (Å²) < 4.78 is 10.8. The Morgan fingerprint density at radius 2 is 2.26 bits per heavy atom. The Labute approximate surface area is 115 Å². The molecule has 0 saturated carbocycles. The lowest BCUT2D eigenvalue weighted by molar-refractivity contribution is -0.121. The van der Waals surface area contributed by atoms with Crippen LogP contribution in [0.3, 0.4) is 0 Å². The molecule has 1 heterocycles. The molecule has 0 saturated heterocycles. The summed E-state index contributed by atoms with van der Waals surface area (Å²) in [5.41, 5.74) is -0.491. The minimum absolute atomic E-state index is 0.0238. The van der Waals surface area contributed by atoms with Crippen LogP contribution in [0.1, 0.15) is 6.42 Å². The lowest BCUT2D eigenvalue weighted by atomic mass is 10.4. The van der Waals surface area contributed by atoms with Crippen LogP contribution < -0.4 is 15.6 Å². The molecule has 0 aliphatic carbocycles. The second-order valence-electron chi connectivity index (χ2n) is 3.70. The molecule has 1 aromatic heterocycles. The smallest absolute Gasteiger partial charge is 0.297 e. The molecule has 0 atom stereocenters. The minimum Gasteiger partial charge on any atom is -0.489 e. The van der Waals surface area contributed by atoms with Crippen molar-refractivity contribution in [3.8, 4) is 5.75 Å². The van der Waals surface area contributed by atoms with Gasteiger partial charge in [0.1, 0.15) is 6.54 Å². The van der Waals surface area contributed by atoms with Gasteiger partial charge in [-0.1, -0.05) is 11.6 Å². The third-order valence-corrected chi connectivity index (χ3v) is 2.59. The molecule has 0 radical (unpaired) electrons. The summed E-state index contributed by atoms with van der Waals surface area (Å²) in [5, 5.41) is 2.64. The van der Waals surface area contributed by atoms with Crippen LogP contribution in [0.4, 0.5) is 0 Å². The average Bonchev–Trinajstić information content (AvgIpc) is 2.39. The van der Waals surface area contributed by atoms with Gasteiger partial charge in [0.2, 0.25) is 11.7 Å². The molecule has 1 aromatic rings. The second-order valence-corrected chi connectivity index (χ2v) is 4.06. The number of rotatable bonds is 7. The molecule has 106 valence electrons. The number of halogens is 1. The molecular formula is C11H16ClN3O4. The van der Waals surface area contributed by atoms with E-state index in [2.05, 4.69) is 10.3 Å². The van der Waals surface area contributed by atoms with Crippen LogP contribution in [-0.2, 0) is 16.1 Å². The third kappa shape index (κ3) is 4.53. The SMILES string of the molecule is COCCCNC(=O)Cn1cnc(Cl)c(OC)c1=O. The number of hydrogen-bond donors (Lipinski definition) is 1. The van der Waals surface area contributed by atoms with E-state index >= 15 is 0 Å². The first kappa shape index (κ1) is 15.5. The van der Waals surface area contributed by atoms with Gasteiger partial charge in [-0.25, -0.2) is 4.98 Å². The lowest BCUT2D eigenvalue weighted by Gasteiger charge is -2.08. The van der Waals surface area contributed by atoms with Gasteiger partial charge in [0, 0.05) is 20.3 Å². The molecule has 0 spiro atoms. The second kappa shape index (κ2) is 7.75. The molecule has 7 nitrogen and oxygen atoms in total. The van der Waals surface area contributed by atoms with Gasteiger partial charge in [-0.3, -0.25) is 14.2 Å². The number of hydrogen-bond acceptors (Lipinski definition) is 5. The third-order valence-electron chi connectivity index (χ3n) is 2.32. The van der Waals surface area contributed by atoms with E-state index in [1.54, 1.807) is 7.11 Å². The number of aromatic nitrogens is 2. The molecule has 1 amide bonds. The number of methoxy groups -OCH3 is 2. The monoisotopic (exact) mass is 289 g/mol. The van der Waals surface area contributed by atoms with Crippen molar-refractivity contribution in [2.75, 3.05) is 27.4 Å². The standard InChI is InChI=1S/C11H16ClN3O4/c1-18-5-3-4-13-8(16)6-15-7-14-10(12)9(19-2)11(15)17/h7H,3-6H2,1-2H3,(H,13,16). The van der Waals surface area contributed by atoms with Crippen LogP contribution in [0.25, 0.3) is 0 Å². The quantitative estimate of drug-likeness (QED) is 0.567. The van der Waals surface area contributed by atoms with E-state index in [-0.39, 0.29) is 23.4 Å². The van der Waals surface area contributed by atoms with Crippen molar-refractivity contribution in [1.29, 1.82) is 0 Å². The maximum Gasteiger partial charge on any atom is 0.297 e. The highest BCUT2D eigenvalue weighted by molar-refractivity contribution is 6.30. The first-order valence-electron chi connectivity index (χ1n) is 5.64. The van der Waals surface area contributed by atoms with Gasteiger partial charge >= 0.3 is 0 Å². The van der Waals surface area contributed by atoms with E-state index in [1.807, 2.05) is 0 Å². The summed E-state index contributed by atoms with van der Waals surface area (Å²) >= 11 is 5.69. The highest BCUT2D eigenvalue weighted by Gasteiger charge is 2.12. The van der Waals surface area contributed by atoms with Crippen LogP contribution in [0.5, 0.6) is 5.75 Å². The zero-order chi connectivity index (χ0) is 14.3.